The predicted octanol–water partition coefficient (Wildman–Crippen LogP) is 1.57. The number of ether oxygens (including phenoxy) is 1. The van der Waals surface area contributed by atoms with Gasteiger partial charge in [0.15, 0.2) is 0 Å². The van der Waals surface area contributed by atoms with Crippen LogP contribution in [0.3, 0.4) is 0 Å². The summed E-state index contributed by atoms with van der Waals surface area (Å²) in [4.78, 5) is 16.0. The van der Waals surface area contributed by atoms with E-state index in [1.165, 1.54) is 9.56 Å². The zero-order chi connectivity index (χ0) is 15.5. The van der Waals surface area contributed by atoms with Crippen molar-refractivity contribution in [2.45, 2.75) is 26.1 Å². The molecule has 6 nitrogen and oxygen atoms in total. The van der Waals surface area contributed by atoms with E-state index in [4.69, 9.17) is 4.74 Å². The molecule has 0 bridgehead atoms. The first-order valence-corrected chi connectivity index (χ1v) is 8.90. The van der Waals surface area contributed by atoms with Crippen LogP contribution in [0.1, 0.15) is 10.7 Å². The summed E-state index contributed by atoms with van der Waals surface area (Å²) in [6, 6.07) is 4.23. The van der Waals surface area contributed by atoms with Gasteiger partial charge >= 0.3 is 5.69 Å². The van der Waals surface area contributed by atoms with Crippen molar-refractivity contribution in [1.29, 1.82) is 0 Å². The second kappa shape index (κ2) is 7.08. The molecule has 0 radical (unpaired) electrons. The van der Waals surface area contributed by atoms with E-state index in [9.17, 15) is 4.79 Å². The smallest absolute Gasteiger partial charge is 0.346 e. The van der Waals surface area contributed by atoms with Crippen molar-refractivity contribution in [2.75, 3.05) is 26.8 Å². The maximum atomic E-state index is 12.3. The van der Waals surface area contributed by atoms with Gasteiger partial charge in [0, 0.05) is 44.6 Å². The van der Waals surface area contributed by atoms with E-state index in [0.717, 1.165) is 35.7 Å². The Morgan fingerprint density at radius 3 is 2.95 bits per heavy atom. The fourth-order valence-electron chi connectivity index (χ4n) is 2.65. The molecule has 3 heterocycles. The summed E-state index contributed by atoms with van der Waals surface area (Å²) in [6.07, 6.45) is 0.807. The minimum absolute atomic E-state index is 0.0206. The van der Waals surface area contributed by atoms with Crippen LogP contribution in [-0.4, -0.2) is 46.1 Å². The molecule has 120 valence electrons. The van der Waals surface area contributed by atoms with E-state index in [-0.39, 0.29) is 5.69 Å². The van der Waals surface area contributed by atoms with Gasteiger partial charge in [-0.25, -0.2) is 9.48 Å². The summed E-state index contributed by atoms with van der Waals surface area (Å²) in [7, 11) is 1.63. The van der Waals surface area contributed by atoms with Crippen LogP contribution in [0.15, 0.2) is 20.7 Å². The molecular weight excluding hydrogens is 368 g/mol. The topological polar surface area (TPSA) is 52.3 Å². The number of hydrogen-bond donors (Lipinski definition) is 0. The van der Waals surface area contributed by atoms with Crippen LogP contribution < -0.4 is 5.69 Å². The van der Waals surface area contributed by atoms with Gasteiger partial charge < -0.3 is 4.74 Å². The quantitative estimate of drug-likeness (QED) is 0.782. The van der Waals surface area contributed by atoms with Crippen LogP contribution in [0, 0.1) is 0 Å². The number of halogens is 1. The monoisotopic (exact) mass is 386 g/mol. The third-order valence-electron chi connectivity index (χ3n) is 3.81. The molecule has 0 unspecified atom stereocenters. The van der Waals surface area contributed by atoms with E-state index in [0.29, 0.717) is 19.7 Å². The maximum absolute atomic E-state index is 12.3. The Hall–Kier alpha value is -0.960. The van der Waals surface area contributed by atoms with Crippen LogP contribution in [0.5, 0.6) is 0 Å². The number of nitrogens with zero attached hydrogens (tertiary/aromatic N) is 4. The Morgan fingerprint density at radius 1 is 1.36 bits per heavy atom. The average Bonchev–Trinajstić information content (AvgIpc) is 2.97. The standard InChI is InChI=1S/C14H19BrN4O2S/c1-21-9-8-19-14(20)18-7-6-17(5-4-13(18)16-19)10-11-2-3-12(15)22-11/h2-3H,4-10H2,1H3. The van der Waals surface area contributed by atoms with Crippen LogP contribution in [0.25, 0.3) is 0 Å². The lowest BCUT2D eigenvalue weighted by Gasteiger charge is -2.18. The molecule has 1 aliphatic heterocycles. The van der Waals surface area contributed by atoms with Crippen molar-refractivity contribution in [2.24, 2.45) is 0 Å². The maximum Gasteiger partial charge on any atom is 0.346 e. The summed E-state index contributed by atoms with van der Waals surface area (Å²) in [5, 5.41) is 4.45. The molecule has 1 aliphatic rings. The highest BCUT2D eigenvalue weighted by Crippen LogP contribution is 2.23. The summed E-state index contributed by atoms with van der Waals surface area (Å²) >= 11 is 5.26. The molecular formula is C14H19BrN4O2S. The molecule has 22 heavy (non-hydrogen) atoms. The molecule has 0 fully saturated rings. The second-order valence-electron chi connectivity index (χ2n) is 5.30. The number of hydrogen-bond acceptors (Lipinski definition) is 5. The number of thiophene rings is 1. The highest BCUT2D eigenvalue weighted by molar-refractivity contribution is 9.11. The molecule has 0 aliphatic carbocycles. The van der Waals surface area contributed by atoms with Gasteiger partial charge in [-0.15, -0.1) is 11.3 Å². The van der Waals surface area contributed by atoms with E-state index < -0.39 is 0 Å². The molecule has 8 heteroatoms. The van der Waals surface area contributed by atoms with E-state index in [2.05, 4.69) is 38.1 Å². The van der Waals surface area contributed by atoms with Gasteiger partial charge in [0.1, 0.15) is 5.82 Å². The van der Waals surface area contributed by atoms with Crippen molar-refractivity contribution >= 4 is 27.3 Å². The molecule has 3 rings (SSSR count). The lowest BCUT2D eigenvalue weighted by molar-refractivity contribution is 0.181. The predicted molar refractivity (Wildman–Crippen MR) is 89.4 cm³/mol. The zero-order valence-corrected chi connectivity index (χ0v) is 14.9. The van der Waals surface area contributed by atoms with Crippen molar-refractivity contribution in [1.82, 2.24) is 19.2 Å². The van der Waals surface area contributed by atoms with Crippen LogP contribution in [-0.2, 0) is 30.8 Å². The van der Waals surface area contributed by atoms with Crippen molar-refractivity contribution in [3.63, 3.8) is 0 Å². The summed E-state index contributed by atoms with van der Waals surface area (Å²) < 4.78 is 9.51. The fraction of sp³-hybridized carbons (Fsp3) is 0.571. The Labute approximate surface area is 141 Å². The minimum Gasteiger partial charge on any atom is -0.383 e. The number of methoxy groups -OCH3 is 1. The molecule has 2 aromatic rings. The molecule has 0 saturated heterocycles. The summed E-state index contributed by atoms with van der Waals surface area (Å²) in [5.74, 6) is 0.885. The van der Waals surface area contributed by atoms with Crippen molar-refractivity contribution in [3.8, 4) is 0 Å². The van der Waals surface area contributed by atoms with Gasteiger partial charge in [0.25, 0.3) is 0 Å². The Kier molecular flexibility index (Phi) is 5.12. The molecule has 2 aromatic heterocycles. The van der Waals surface area contributed by atoms with Gasteiger partial charge in [-0.2, -0.15) is 5.10 Å². The largest absolute Gasteiger partial charge is 0.383 e. The minimum atomic E-state index is -0.0206. The van der Waals surface area contributed by atoms with Gasteiger partial charge in [-0.05, 0) is 28.1 Å². The normalized spacial score (nSPS) is 15.7. The Morgan fingerprint density at radius 2 is 2.23 bits per heavy atom. The highest BCUT2D eigenvalue weighted by atomic mass is 79.9. The number of fused-ring (bicyclic) bond motifs is 1. The SMILES string of the molecule is COCCn1nc2n(c1=O)CCN(Cc1ccc(Br)s1)CC2. The number of aromatic nitrogens is 3. The number of rotatable bonds is 5. The molecule has 0 atom stereocenters. The molecule has 0 spiro atoms. The lowest BCUT2D eigenvalue weighted by atomic mass is 10.3. The first-order valence-electron chi connectivity index (χ1n) is 7.29. The van der Waals surface area contributed by atoms with E-state index >= 15 is 0 Å². The first kappa shape index (κ1) is 15.9. The van der Waals surface area contributed by atoms with Crippen LogP contribution in [0.4, 0.5) is 0 Å². The van der Waals surface area contributed by atoms with Crippen molar-refractivity contribution in [3.05, 3.63) is 37.1 Å². The van der Waals surface area contributed by atoms with Gasteiger partial charge in [0.2, 0.25) is 0 Å². The van der Waals surface area contributed by atoms with Gasteiger partial charge in [-0.3, -0.25) is 9.47 Å². The van der Waals surface area contributed by atoms with Gasteiger partial charge in [0.05, 0.1) is 16.9 Å². The third kappa shape index (κ3) is 3.51. The van der Waals surface area contributed by atoms with E-state index in [1.54, 1.807) is 23.0 Å². The Balaban J connectivity index is 1.67. The highest BCUT2D eigenvalue weighted by Gasteiger charge is 2.19. The molecule has 0 amide bonds. The van der Waals surface area contributed by atoms with Crippen LogP contribution in [0.2, 0.25) is 0 Å². The molecule has 0 saturated carbocycles. The van der Waals surface area contributed by atoms with Crippen molar-refractivity contribution < 1.29 is 4.74 Å². The van der Waals surface area contributed by atoms with E-state index in [1.807, 2.05) is 0 Å². The molecule has 0 N–H and O–H groups in total. The first-order chi connectivity index (χ1) is 10.7. The zero-order valence-electron chi connectivity index (χ0n) is 12.5. The summed E-state index contributed by atoms with van der Waals surface area (Å²) in [6.45, 7) is 4.46. The summed E-state index contributed by atoms with van der Waals surface area (Å²) in [5.41, 5.74) is -0.0206. The fourth-order valence-corrected chi connectivity index (χ4v) is 4.17. The lowest BCUT2D eigenvalue weighted by Crippen LogP contribution is -2.30. The Bertz CT molecular complexity index is 693. The second-order valence-corrected chi connectivity index (χ2v) is 7.85. The van der Waals surface area contributed by atoms with Gasteiger partial charge in [-0.1, -0.05) is 0 Å². The molecule has 0 aromatic carbocycles. The van der Waals surface area contributed by atoms with Crippen LogP contribution >= 0.6 is 27.3 Å². The third-order valence-corrected chi connectivity index (χ3v) is 5.41. The average molecular weight is 387 g/mol.